The van der Waals surface area contributed by atoms with Crippen LogP contribution in [0, 0.1) is 5.92 Å². The van der Waals surface area contributed by atoms with Gasteiger partial charge in [0.2, 0.25) is 0 Å². The molecule has 0 spiro atoms. The van der Waals surface area contributed by atoms with Gasteiger partial charge in [-0.3, -0.25) is 4.90 Å². The first-order valence-electron chi connectivity index (χ1n) is 9.05. The Balaban J connectivity index is 1.75. The van der Waals surface area contributed by atoms with Gasteiger partial charge < -0.3 is 15.7 Å². The molecule has 0 aliphatic carbocycles. The van der Waals surface area contributed by atoms with Crippen LogP contribution in [0.2, 0.25) is 0 Å². The quantitative estimate of drug-likeness (QED) is 0.708. The summed E-state index contributed by atoms with van der Waals surface area (Å²) in [6.45, 7) is 6.53. The molecule has 6 nitrogen and oxygen atoms in total. The van der Waals surface area contributed by atoms with Crippen LogP contribution in [0.5, 0.6) is 0 Å². The van der Waals surface area contributed by atoms with E-state index in [1.54, 1.807) is 0 Å². The molecule has 1 saturated heterocycles. The third-order valence-corrected chi connectivity index (χ3v) is 4.94. The van der Waals surface area contributed by atoms with Gasteiger partial charge in [0, 0.05) is 25.7 Å². The number of rotatable bonds is 7. The Morgan fingerprint density at radius 3 is 2.44 bits per heavy atom. The molecule has 3 N–H and O–H groups in total. The number of carboxylic acid groups (broad SMARTS) is 1. The first kappa shape index (κ1) is 19.2. The van der Waals surface area contributed by atoms with Crippen molar-refractivity contribution in [2.75, 3.05) is 13.1 Å². The van der Waals surface area contributed by atoms with Crippen molar-refractivity contribution < 1.29 is 14.7 Å². The Hall–Kier alpha value is -2.08. The number of hydrogen-bond donors (Lipinski definition) is 3. The van der Waals surface area contributed by atoms with E-state index in [1.807, 2.05) is 32.0 Å². The largest absolute Gasteiger partial charge is 0.480 e. The van der Waals surface area contributed by atoms with Gasteiger partial charge in [0.15, 0.2) is 0 Å². The van der Waals surface area contributed by atoms with Crippen LogP contribution in [0.3, 0.4) is 0 Å². The van der Waals surface area contributed by atoms with Crippen LogP contribution in [0.1, 0.15) is 38.7 Å². The second-order valence-corrected chi connectivity index (χ2v) is 6.86. The number of nitrogens with one attached hydrogen (secondary N) is 2. The van der Waals surface area contributed by atoms with Crippen molar-refractivity contribution in [3.05, 3.63) is 35.9 Å². The molecule has 1 heterocycles. The highest BCUT2D eigenvalue weighted by atomic mass is 16.4. The molecule has 0 radical (unpaired) electrons. The van der Waals surface area contributed by atoms with Crippen LogP contribution in [0.4, 0.5) is 4.79 Å². The highest BCUT2D eigenvalue weighted by Gasteiger charge is 2.27. The van der Waals surface area contributed by atoms with E-state index >= 15 is 0 Å². The fourth-order valence-electron chi connectivity index (χ4n) is 3.13. The summed E-state index contributed by atoms with van der Waals surface area (Å²) in [5.41, 5.74) is 1.30. The predicted molar refractivity (Wildman–Crippen MR) is 97.3 cm³/mol. The number of hydrogen-bond acceptors (Lipinski definition) is 3. The van der Waals surface area contributed by atoms with E-state index in [2.05, 4.69) is 27.7 Å². The standard InChI is InChI=1S/C19H29N3O3/c1-3-14(2)17(18(23)24)21-19(25)20-16-9-11-22(12-10-16)13-15-7-5-4-6-8-15/h4-8,14,16-17H,3,9-13H2,1-2H3,(H,23,24)(H2,20,21,25). The maximum Gasteiger partial charge on any atom is 0.326 e. The average Bonchev–Trinajstić information content (AvgIpc) is 2.61. The van der Waals surface area contributed by atoms with E-state index in [1.165, 1.54) is 5.56 Å². The number of piperidine rings is 1. The van der Waals surface area contributed by atoms with Crippen molar-refractivity contribution in [1.82, 2.24) is 15.5 Å². The number of carbonyl (C=O) groups is 2. The van der Waals surface area contributed by atoms with Gasteiger partial charge in [-0.2, -0.15) is 0 Å². The van der Waals surface area contributed by atoms with Gasteiger partial charge in [-0.05, 0) is 24.3 Å². The van der Waals surface area contributed by atoms with Crippen LogP contribution >= 0.6 is 0 Å². The summed E-state index contributed by atoms with van der Waals surface area (Å²) in [6, 6.07) is 9.23. The van der Waals surface area contributed by atoms with Gasteiger partial charge in [-0.1, -0.05) is 50.6 Å². The predicted octanol–water partition coefficient (Wildman–Crippen LogP) is 2.45. The molecule has 2 amide bonds. The zero-order chi connectivity index (χ0) is 18.2. The van der Waals surface area contributed by atoms with Crippen molar-refractivity contribution in [2.24, 2.45) is 5.92 Å². The van der Waals surface area contributed by atoms with Gasteiger partial charge in [-0.15, -0.1) is 0 Å². The Morgan fingerprint density at radius 1 is 1.24 bits per heavy atom. The van der Waals surface area contributed by atoms with E-state index in [-0.39, 0.29) is 18.0 Å². The molecule has 1 aromatic carbocycles. The summed E-state index contributed by atoms with van der Waals surface area (Å²) in [4.78, 5) is 25.8. The van der Waals surface area contributed by atoms with Gasteiger partial charge in [0.05, 0.1) is 0 Å². The minimum absolute atomic E-state index is 0.0957. The molecule has 1 aliphatic heterocycles. The topological polar surface area (TPSA) is 81.7 Å². The Labute approximate surface area is 149 Å². The van der Waals surface area contributed by atoms with Crippen molar-refractivity contribution >= 4 is 12.0 Å². The lowest BCUT2D eigenvalue weighted by molar-refractivity contribution is -0.140. The fourth-order valence-corrected chi connectivity index (χ4v) is 3.13. The van der Waals surface area contributed by atoms with Crippen molar-refractivity contribution in [3.8, 4) is 0 Å². The van der Waals surface area contributed by atoms with Crippen molar-refractivity contribution in [2.45, 2.75) is 51.7 Å². The van der Waals surface area contributed by atoms with Crippen LogP contribution in [0.15, 0.2) is 30.3 Å². The highest BCUT2D eigenvalue weighted by molar-refractivity contribution is 5.82. The molecule has 0 aromatic heterocycles. The third-order valence-electron chi connectivity index (χ3n) is 4.94. The molecule has 1 fully saturated rings. The van der Waals surface area contributed by atoms with Crippen molar-refractivity contribution in [1.29, 1.82) is 0 Å². The Morgan fingerprint density at radius 2 is 1.88 bits per heavy atom. The maximum absolute atomic E-state index is 12.1. The Bertz CT molecular complexity index is 556. The van der Waals surface area contributed by atoms with E-state index in [0.717, 1.165) is 32.5 Å². The number of benzene rings is 1. The third kappa shape index (κ3) is 6.05. The monoisotopic (exact) mass is 347 g/mol. The molecule has 1 aliphatic rings. The second-order valence-electron chi connectivity index (χ2n) is 6.86. The molecular formula is C19H29N3O3. The average molecular weight is 347 g/mol. The van der Waals surface area contributed by atoms with Crippen LogP contribution in [-0.2, 0) is 11.3 Å². The number of amides is 2. The van der Waals surface area contributed by atoms with Crippen molar-refractivity contribution in [3.63, 3.8) is 0 Å². The molecule has 0 bridgehead atoms. The molecule has 1 aromatic rings. The maximum atomic E-state index is 12.1. The van der Waals surface area contributed by atoms with E-state index in [4.69, 9.17) is 0 Å². The highest BCUT2D eigenvalue weighted by Crippen LogP contribution is 2.14. The zero-order valence-corrected chi connectivity index (χ0v) is 15.1. The Kier molecular flexibility index (Phi) is 7.25. The SMILES string of the molecule is CCC(C)C(NC(=O)NC1CCN(Cc2ccccc2)CC1)C(=O)O. The summed E-state index contributed by atoms with van der Waals surface area (Å²) < 4.78 is 0. The minimum Gasteiger partial charge on any atom is -0.480 e. The smallest absolute Gasteiger partial charge is 0.326 e. The number of aliphatic carboxylic acids is 1. The van der Waals surface area contributed by atoms with Gasteiger partial charge in [0.25, 0.3) is 0 Å². The first-order chi connectivity index (χ1) is 12.0. The fraction of sp³-hybridized carbons (Fsp3) is 0.579. The first-order valence-corrected chi connectivity index (χ1v) is 9.05. The van der Waals surface area contributed by atoms with Crippen LogP contribution < -0.4 is 10.6 Å². The summed E-state index contributed by atoms with van der Waals surface area (Å²) >= 11 is 0. The molecule has 0 saturated carbocycles. The molecule has 2 unspecified atom stereocenters. The molecule has 138 valence electrons. The van der Waals surface area contributed by atoms with E-state index < -0.39 is 12.0 Å². The molecule has 6 heteroatoms. The number of nitrogens with zero attached hydrogens (tertiary/aromatic N) is 1. The molecule has 2 rings (SSSR count). The van der Waals surface area contributed by atoms with Gasteiger partial charge >= 0.3 is 12.0 Å². The number of carbonyl (C=O) groups excluding carboxylic acids is 1. The lowest BCUT2D eigenvalue weighted by atomic mass is 9.99. The van der Waals surface area contributed by atoms with E-state index in [0.29, 0.717) is 6.42 Å². The zero-order valence-electron chi connectivity index (χ0n) is 15.1. The summed E-state index contributed by atoms with van der Waals surface area (Å²) in [5.74, 6) is -1.09. The molecule has 2 atom stereocenters. The number of urea groups is 1. The summed E-state index contributed by atoms with van der Waals surface area (Å²) in [7, 11) is 0. The lowest BCUT2D eigenvalue weighted by Crippen LogP contribution is -2.53. The van der Waals surface area contributed by atoms with E-state index in [9.17, 15) is 14.7 Å². The van der Waals surface area contributed by atoms with Gasteiger partial charge in [0.1, 0.15) is 6.04 Å². The molecule has 25 heavy (non-hydrogen) atoms. The number of likely N-dealkylation sites (tertiary alicyclic amines) is 1. The minimum atomic E-state index is -0.984. The van der Waals surface area contributed by atoms with Crippen LogP contribution in [0.25, 0.3) is 0 Å². The normalized spacial score (nSPS) is 18.3. The summed E-state index contributed by atoms with van der Waals surface area (Å²) in [5, 5.41) is 14.8. The summed E-state index contributed by atoms with van der Waals surface area (Å²) in [6.07, 6.45) is 2.46. The lowest BCUT2D eigenvalue weighted by Gasteiger charge is -2.32. The second kappa shape index (κ2) is 9.42. The number of carboxylic acids is 1. The molecular weight excluding hydrogens is 318 g/mol. The van der Waals surface area contributed by atoms with Crippen LogP contribution in [-0.4, -0.2) is 47.2 Å². The van der Waals surface area contributed by atoms with Gasteiger partial charge in [-0.25, -0.2) is 9.59 Å².